The minimum absolute atomic E-state index is 0.172. The number of nitrogens with zero attached hydrogens (tertiary/aromatic N) is 1. The van der Waals surface area contributed by atoms with Crippen molar-refractivity contribution in [2.75, 3.05) is 25.0 Å². The number of para-hydroxylation sites is 1. The minimum atomic E-state index is -3.77. The summed E-state index contributed by atoms with van der Waals surface area (Å²) in [5.74, 6) is 0.495. The Balaban J connectivity index is 1.67. The molecule has 0 atom stereocenters. The average Bonchev–Trinajstić information content (AvgIpc) is 2.82. The molecule has 0 fully saturated rings. The smallest absolute Gasteiger partial charge is 0.264 e. The molecule has 0 unspecified atom stereocenters. The highest BCUT2D eigenvalue weighted by atomic mass is 32.2. The number of hydrogen-bond acceptors (Lipinski definition) is 4. The van der Waals surface area contributed by atoms with E-state index < -0.39 is 10.0 Å². The molecule has 0 aliphatic carbocycles. The van der Waals surface area contributed by atoms with Gasteiger partial charge in [0.15, 0.2) is 0 Å². The summed E-state index contributed by atoms with van der Waals surface area (Å²) in [6, 6.07) is 22.7. The molecule has 3 rings (SSSR count). The first-order valence-corrected chi connectivity index (χ1v) is 11.4. The molecule has 31 heavy (non-hydrogen) atoms. The highest BCUT2D eigenvalue weighted by molar-refractivity contribution is 7.92. The van der Waals surface area contributed by atoms with E-state index in [4.69, 9.17) is 4.74 Å². The van der Waals surface area contributed by atoms with Gasteiger partial charge in [-0.1, -0.05) is 42.5 Å². The maximum Gasteiger partial charge on any atom is 0.264 e. The Morgan fingerprint density at radius 3 is 2.42 bits per heavy atom. The summed E-state index contributed by atoms with van der Waals surface area (Å²) in [6.45, 7) is 0.472. The molecule has 0 aliphatic rings. The van der Waals surface area contributed by atoms with Gasteiger partial charge in [-0.05, 0) is 54.8 Å². The van der Waals surface area contributed by atoms with Gasteiger partial charge in [0.1, 0.15) is 5.75 Å². The van der Waals surface area contributed by atoms with Gasteiger partial charge in [-0.25, -0.2) is 8.42 Å². The molecule has 162 valence electrons. The van der Waals surface area contributed by atoms with Crippen LogP contribution in [0.3, 0.4) is 0 Å². The van der Waals surface area contributed by atoms with E-state index in [0.717, 1.165) is 28.5 Å². The lowest BCUT2D eigenvalue weighted by Gasteiger charge is -2.22. The summed E-state index contributed by atoms with van der Waals surface area (Å²) >= 11 is 0. The van der Waals surface area contributed by atoms with Crippen LogP contribution in [0.5, 0.6) is 5.75 Å². The van der Waals surface area contributed by atoms with Crippen LogP contribution in [0.4, 0.5) is 5.69 Å². The number of amides is 1. The van der Waals surface area contributed by atoms with Crippen LogP contribution in [0, 0.1) is 0 Å². The molecule has 0 aromatic heterocycles. The Labute approximate surface area is 183 Å². The molecule has 6 nitrogen and oxygen atoms in total. The number of benzene rings is 3. The number of carbonyl (C=O) groups is 1. The molecule has 0 aliphatic heterocycles. The fraction of sp³-hybridized carbons (Fsp3) is 0.208. The zero-order valence-electron chi connectivity index (χ0n) is 17.6. The molecule has 1 N–H and O–H groups in total. The van der Waals surface area contributed by atoms with Crippen molar-refractivity contribution in [1.82, 2.24) is 5.32 Å². The number of rotatable bonds is 9. The average molecular weight is 439 g/mol. The van der Waals surface area contributed by atoms with E-state index in [1.807, 2.05) is 24.3 Å². The van der Waals surface area contributed by atoms with Gasteiger partial charge in [0.25, 0.3) is 15.9 Å². The highest BCUT2D eigenvalue weighted by Crippen LogP contribution is 2.25. The zero-order chi connectivity index (χ0) is 22.3. The summed E-state index contributed by atoms with van der Waals surface area (Å²) < 4.78 is 32.3. The molecule has 3 aromatic carbocycles. The lowest BCUT2D eigenvalue weighted by Crippen LogP contribution is -2.31. The van der Waals surface area contributed by atoms with Crippen molar-refractivity contribution >= 4 is 21.6 Å². The van der Waals surface area contributed by atoms with E-state index in [-0.39, 0.29) is 10.8 Å². The maximum atomic E-state index is 13.0. The summed E-state index contributed by atoms with van der Waals surface area (Å²) in [5, 5.41) is 2.89. The third-order valence-corrected chi connectivity index (χ3v) is 6.74. The second kappa shape index (κ2) is 10.1. The Kier molecular flexibility index (Phi) is 7.31. The highest BCUT2D eigenvalue weighted by Gasteiger charge is 2.24. The predicted molar refractivity (Wildman–Crippen MR) is 122 cm³/mol. The van der Waals surface area contributed by atoms with Crippen molar-refractivity contribution in [1.29, 1.82) is 0 Å². The Bertz CT molecular complexity index is 1130. The van der Waals surface area contributed by atoms with Crippen molar-refractivity contribution in [3.63, 3.8) is 0 Å². The second-order valence-electron chi connectivity index (χ2n) is 7.01. The van der Waals surface area contributed by atoms with Crippen molar-refractivity contribution in [2.45, 2.75) is 17.7 Å². The number of methoxy groups -OCH3 is 1. The van der Waals surface area contributed by atoms with Crippen LogP contribution in [-0.2, 0) is 16.4 Å². The zero-order valence-corrected chi connectivity index (χ0v) is 18.4. The van der Waals surface area contributed by atoms with Crippen LogP contribution < -0.4 is 14.4 Å². The third kappa shape index (κ3) is 5.44. The van der Waals surface area contributed by atoms with Crippen LogP contribution in [-0.4, -0.2) is 35.0 Å². The number of sulfonamides is 1. The lowest BCUT2D eigenvalue weighted by molar-refractivity contribution is 0.0954. The SMILES string of the molecule is COc1cccc(CCCNC(=O)c2ccccc2N(C)S(=O)(=O)c2ccccc2)c1. The number of aryl methyl sites for hydroxylation is 1. The van der Waals surface area contributed by atoms with E-state index in [2.05, 4.69) is 5.32 Å². The monoisotopic (exact) mass is 438 g/mol. The van der Waals surface area contributed by atoms with E-state index in [1.165, 1.54) is 19.2 Å². The Morgan fingerprint density at radius 1 is 0.968 bits per heavy atom. The Morgan fingerprint density at radius 2 is 1.68 bits per heavy atom. The minimum Gasteiger partial charge on any atom is -0.497 e. The van der Waals surface area contributed by atoms with Gasteiger partial charge < -0.3 is 10.1 Å². The molecule has 1 amide bonds. The van der Waals surface area contributed by atoms with E-state index >= 15 is 0 Å². The molecular formula is C24H26N2O4S. The molecule has 0 radical (unpaired) electrons. The maximum absolute atomic E-state index is 13.0. The normalized spacial score (nSPS) is 11.0. The second-order valence-corrected chi connectivity index (χ2v) is 8.98. The molecule has 0 spiro atoms. The molecule has 0 saturated carbocycles. The van der Waals surface area contributed by atoms with Gasteiger partial charge in [0.05, 0.1) is 23.3 Å². The predicted octanol–water partition coefficient (Wildman–Crippen LogP) is 3.88. The van der Waals surface area contributed by atoms with Crippen LogP contribution >= 0.6 is 0 Å². The van der Waals surface area contributed by atoms with Crippen LogP contribution in [0.2, 0.25) is 0 Å². The van der Waals surface area contributed by atoms with Crippen LogP contribution in [0.25, 0.3) is 0 Å². The number of hydrogen-bond donors (Lipinski definition) is 1. The molecule has 0 bridgehead atoms. The molecule has 0 heterocycles. The summed E-state index contributed by atoms with van der Waals surface area (Å²) in [5.41, 5.74) is 1.77. The number of nitrogens with one attached hydrogen (secondary N) is 1. The first-order chi connectivity index (χ1) is 14.9. The van der Waals surface area contributed by atoms with Crippen molar-refractivity contribution in [3.8, 4) is 5.75 Å². The Hall–Kier alpha value is -3.32. The fourth-order valence-electron chi connectivity index (χ4n) is 3.24. The van der Waals surface area contributed by atoms with Gasteiger partial charge in [-0.2, -0.15) is 0 Å². The summed E-state index contributed by atoms with van der Waals surface area (Å²) in [4.78, 5) is 13.0. The van der Waals surface area contributed by atoms with Crippen LogP contribution in [0.1, 0.15) is 22.3 Å². The summed E-state index contributed by atoms with van der Waals surface area (Å²) in [7, 11) is -0.688. The van der Waals surface area contributed by atoms with Gasteiger partial charge in [-0.15, -0.1) is 0 Å². The largest absolute Gasteiger partial charge is 0.497 e. The topological polar surface area (TPSA) is 75.7 Å². The fourth-order valence-corrected chi connectivity index (χ4v) is 4.47. The van der Waals surface area contributed by atoms with Crippen molar-refractivity contribution in [2.24, 2.45) is 0 Å². The van der Waals surface area contributed by atoms with Gasteiger partial charge in [0.2, 0.25) is 0 Å². The lowest BCUT2D eigenvalue weighted by atomic mass is 10.1. The molecular weight excluding hydrogens is 412 g/mol. The van der Waals surface area contributed by atoms with E-state index in [9.17, 15) is 13.2 Å². The number of carbonyl (C=O) groups excluding carboxylic acids is 1. The first-order valence-electron chi connectivity index (χ1n) is 9.97. The van der Waals surface area contributed by atoms with Crippen molar-refractivity contribution < 1.29 is 17.9 Å². The number of anilines is 1. The molecule has 3 aromatic rings. The van der Waals surface area contributed by atoms with Gasteiger partial charge >= 0.3 is 0 Å². The summed E-state index contributed by atoms with van der Waals surface area (Å²) in [6.07, 6.45) is 1.54. The van der Waals surface area contributed by atoms with E-state index in [0.29, 0.717) is 17.8 Å². The van der Waals surface area contributed by atoms with Gasteiger partial charge in [0, 0.05) is 13.6 Å². The van der Waals surface area contributed by atoms with Gasteiger partial charge in [-0.3, -0.25) is 9.10 Å². The standard InChI is InChI=1S/C24H26N2O4S/c1-26(31(28,29)21-13-4-3-5-14-21)23-16-7-6-15-22(23)24(27)25-17-9-11-19-10-8-12-20(18-19)30-2/h3-8,10,12-16,18H,9,11,17H2,1-2H3,(H,25,27). The quantitative estimate of drug-likeness (QED) is 0.515. The van der Waals surface area contributed by atoms with E-state index in [1.54, 1.807) is 49.6 Å². The third-order valence-electron chi connectivity index (χ3n) is 4.95. The number of ether oxygens (including phenoxy) is 1. The molecule has 7 heteroatoms. The van der Waals surface area contributed by atoms with Crippen molar-refractivity contribution in [3.05, 3.63) is 90.0 Å². The first kappa shape index (κ1) is 22.4. The molecule has 0 saturated heterocycles. The van der Waals surface area contributed by atoms with Crippen LogP contribution in [0.15, 0.2) is 83.8 Å².